The van der Waals surface area contributed by atoms with E-state index in [1.54, 1.807) is 7.05 Å². The number of amides is 2. The van der Waals surface area contributed by atoms with Crippen molar-refractivity contribution < 1.29 is 14.7 Å². The zero-order valence-electron chi connectivity index (χ0n) is 10.8. The summed E-state index contributed by atoms with van der Waals surface area (Å²) in [4.78, 5) is 21.7. The molecule has 6 heteroatoms. The second kappa shape index (κ2) is 8.05. The van der Waals surface area contributed by atoms with E-state index >= 15 is 0 Å². The highest BCUT2D eigenvalue weighted by Gasteiger charge is 2.29. The minimum Gasteiger partial charge on any atom is -0.382 e. The van der Waals surface area contributed by atoms with Crippen molar-refractivity contribution in [2.75, 3.05) is 13.6 Å². The molecule has 0 saturated heterocycles. The van der Waals surface area contributed by atoms with Crippen molar-refractivity contribution >= 4 is 12.3 Å². The Hall–Kier alpha value is -1.14. The summed E-state index contributed by atoms with van der Waals surface area (Å²) in [5.41, 5.74) is 0. The number of rotatable bonds is 10. The maximum absolute atomic E-state index is 11.7. The van der Waals surface area contributed by atoms with Crippen LogP contribution >= 0.6 is 0 Å². The van der Waals surface area contributed by atoms with Gasteiger partial charge in [0.25, 0.3) is 5.91 Å². The van der Waals surface area contributed by atoms with E-state index in [2.05, 4.69) is 16.0 Å². The maximum Gasteiger partial charge on any atom is 0.250 e. The summed E-state index contributed by atoms with van der Waals surface area (Å²) in [5, 5.41) is 18.3. The molecule has 2 unspecified atom stereocenters. The molecule has 1 aliphatic rings. The van der Waals surface area contributed by atoms with E-state index in [-0.39, 0.29) is 18.0 Å². The van der Waals surface area contributed by atoms with Crippen LogP contribution in [0.3, 0.4) is 0 Å². The van der Waals surface area contributed by atoms with Crippen molar-refractivity contribution in [3.05, 3.63) is 0 Å². The number of carbonyl (C=O) groups is 2. The summed E-state index contributed by atoms with van der Waals surface area (Å²) >= 11 is 0. The van der Waals surface area contributed by atoms with E-state index in [1.807, 2.05) is 0 Å². The number of likely N-dealkylation sites (N-methyl/N-ethyl adjacent to an activating group) is 1. The van der Waals surface area contributed by atoms with Crippen LogP contribution in [0.25, 0.3) is 0 Å². The second-order valence-electron chi connectivity index (χ2n) is 4.69. The average molecular weight is 257 g/mol. The van der Waals surface area contributed by atoms with Crippen molar-refractivity contribution in [2.24, 2.45) is 0 Å². The van der Waals surface area contributed by atoms with Crippen LogP contribution < -0.4 is 16.0 Å². The first-order chi connectivity index (χ1) is 8.69. The Kier molecular flexibility index (Phi) is 6.67. The van der Waals surface area contributed by atoms with E-state index in [1.165, 1.54) is 0 Å². The number of aliphatic hydroxyl groups is 1. The third-order valence-corrected chi connectivity index (χ3v) is 3.11. The molecular weight excluding hydrogens is 234 g/mol. The lowest BCUT2D eigenvalue weighted by Crippen LogP contribution is -2.48. The molecule has 1 saturated carbocycles. The summed E-state index contributed by atoms with van der Waals surface area (Å²) in [5.74, 6) is -0.289. The Labute approximate surface area is 108 Å². The van der Waals surface area contributed by atoms with Gasteiger partial charge in [-0.2, -0.15) is 0 Å². The molecule has 18 heavy (non-hydrogen) atoms. The SMILES string of the molecule is CNC(CCCCNC=O)C(O)C(=O)NC1CC1. The number of aliphatic hydroxyl groups excluding tert-OH is 1. The van der Waals surface area contributed by atoms with Crippen LogP contribution in [0.2, 0.25) is 0 Å². The molecule has 4 N–H and O–H groups in total. The number of hydrogen-bond donors (Lipinski definition) is 4. The maximum atomic E-state index is 11.7. The summed E-state index contributed by atoms with van der Waals surface area (Å²) in [6.45, 7) is 0.629. The zero-order valence-corrected chi connectivity index (χ0v) is 10.8. The highest BCUT2D eigenvalue weighted by atomic mass is 16.3. The predicted octanol–water partition coefficient (Wildman–Crippen LogP) is -0.870. The van der Waals surface area contributed by atoms with Gasteiger partial charge in [-0.15, -0.1) is 0 Å². The van der Waals surface area contributed by atoms with Gasteiger partial charge in [-0.25, -0.2) is 0 Å². The van der Waals surface area contributed by atoms with E-state index < -0.39 is 6.10 Å². The molecule has 2 atom stereocenters. The fourth-order valence-electron chi connectivity index (χ4n) is 1.81. The van der Waals surface area contributed by atoms with Crippen molar-refractivity contribution in [1.29, 1.82) is 0 Å². The van der Waals surface area contributed by atoms with Gasteiger partial charge < -0.3 is 21.1 Å². The van der Waals surface area contributed by atoms with Crippen LogP contribution in [-0.4, -0.2) is 49.2 Å². The lowest BCUT2D eigenvalue weighted by Gasteiger charge is -2.21. The first-order valence-corrected chi connectivity index (χ1v) is 6.51. The third-order valence-electron chi connectivity index (χ3n) is 3.11. The standard InChI is InChI=1S/C12H23N3O3/c1-13-10(4-2-3-7-14-8-16)11(17)12(18)15-9-5-6-9/h8-11,13,17H,2-7H2,1H3,(H,14,16)(H,15,18). The molecule has 1 aliphatic carbocycles. The Morgan fingerprint density at radius 2 is 2.17 bits per heavy atom. The number of nitrogens with one attached hydrogen (secondary N) is 3. The fraction of sp³-hybridized carbons (Fsp3) is 0.833. The van der Waals surface area contributed by atoms with E-state index in [0.717, 1.165) is 25.7 Å². The van der Waals surface area contributed by atoms with E-state index in [4.69, 9.17) is 0 Å². The predicted molar refractivity (Wildman–Crippen MR) is 67.9 cm³/mol. The van der Waals surface area contributed by atoms with Gasteiger partial charge in [-0.1, -0.05) is 6.42 Å². The smallest absolute Gasteiger partial charge is 0.250 e. The fourth-order valence-corrected chi connectivity index (χ4v) is 1.81. The van der Waals surface area contributed by atoms with Crippen LogP contribution in [0.15, 0.2) is 0 Å². The molecular formula is C12H23N3O3. The molecule has 104 valence electrons. The third kappa shape index (κ3) is 5.46. The lowest BCUT2D eigenvalue weighted by molar-refractivity contribution is -0.131. The Bertz CT molecular complexity index is 269. The molecule has 0 heterocycles. The molecule has 0 radical (unpaired) electrons. The van der Waals surface area contributed by atoms with Crippen LogP contribution in [0.5, 0.6) is 0 Å². The Morgan fingerprint density at radius 3 is 2.72 bits per heavy atom. The Balaban J connectivity index is 2.20. The lowest BCUT2D eigenvalue weighted by atomic mass is 10.0. The van der Waals surface area contributed by atoms with Crippen LogP contribution in [0.1, 0.15) is 32.1 Å². The molecule has 1 fully saturated rings. The van der Waals surface area contributed by atoms with Crippen LogP contribution in [-0.2, 0) is 9.59 Å². The number of carbonyl (C=O) groups excluding carboxylic acids is 2. The van der Waals surface area contributed by atoms with Crippen molar-refractivity contribution in [3.63, 3.8) is 0 Å². The van der Waals surface area contributed by atoms with Gasteiger partial charge in [0.1, 0.15) is 6.10 Å². The van der Waals surface area contributed by atoms with E-state index in [0.29, 0.717) is 19.4 Å². The zero-order chi connectivity index (χ0) is 13.4. The molecule has 1 rings (SSSR count). The topological polar surface area (TPSA) is 90.5 Å². The molecule has 0 aromatic heterocycles. The quantitative estimate of drug-likeness (QED) is 0.302. The van der Waals surface area contributed by atoms with Gasteiger partial charge in [-0.05, 0) is 32.7 Å². The van der Waals surface area contributed by atoms with Gasteiger partial charge in [0.15, 0.2) is 0 Å². The Morgan fingerprint density at radius 1 is 1.44 bits per heavy atom. The normalized spacial score (nSPS) is 17.9. The first-order valence-electron chi connectivity index (χ1n) is 6.51. The largest absolute Gasteiger partial charge is 0.382 e. The van der Waals surface area contributed by atoms with Gasteiger partial charge in [0.2, 0.25) is 6.41 Å². The highest BCUT2D eigenvalue weighted by Crippen LogP contribution is 2.19. The summed E-state index contributed by atoms with van der Waals surface area (Å²) in [6.07, 6.45) is 4.09. The van der Waals surface area contributed by atoms with E-state index in [9.17, 15) is 14.7 Å². The molecule has 0 spiro atoms. The van der Waals surface area contributed by atoms with Crippen molar-refractivity contribution in [3.8, 4) is 0 Å². The molecule has 2 amide bonds. The van der Waals surface area contributed by atoms with Crippen molar-refractivity contribution in [2.45, 2.75) is 50.3 Å². The summed E-state index contributed by atoms with van der Waals surface area (Å²) in [7, 11) is 1.74. The number of hydrogen-bond acceptors (Lipinski definition) is 4. The van der Waals surface area contributed by atoms with Gasteiger partial charge >= 0.3 is 0 Å². The summed E-state index contributed by atoms with van der Waals surface area (Å²) in [6, 6.07) is 0.0291. The molecule has 0 aromatic carbocycles. The van der Waals surface area contributed by atoms with Gasteiger partial charge in [0, 0.05) is 18.6 Å². The van der Waals surface area contributed by atoms with Crippen LogP contribution in [0, 0.1) is 0 Å². The van der Waals surface area contributed by atoms with Gasteiger partial charge in [-0.3, -0.25) is 9.59 Å². The number of unbranched alkanes of at least 4 members (excludes halogenated alkanes) is 1. The first kappa shape index (κ1) is 14.9. The monoisotopic (exact) mass is 257 g/mol. The molecule has 0 bridgehead atoms. The molecule has 0 aliphatic heterocycles. The minimum absolute atomic E-state index is 0.236. The van der Waals surface area contributed by atoms with Crippen LogP contribution in [0.4, 0.5) is 0 Å². The van der Waals surface area contributed by atoms with Gasteiger partial charge in [0.05, 0.1) is 0 Å². The summed E-state index contributed by atoms with van der Waals surface area (Å²) < 4.78 is 0. The second-order valence-corrected chi connectivity index (χ2v) is 4.69. The average Bonchev–Trinajstić information content (AvgIpc) is 3.17. The minimum atomic E-state index is -1.00. The highest BCUT2D eigenvalue weighted by molar-refractivity contribution is 5.81. The molecule has 6 nitrogen and oxygen atoms in total. The molecule has 0 aromatic rings. The van der Waals surface area contributed by atoms with Crippen molar-refractivity contribution in [1.82, 2.24) is 16.0 Å².